The number of alkyl halides is 3. The molecule has 0 unspecified atom stereocenters. The number of halogens is 5. The van der Waals surface area contributed by atoms with E-state index in [9.17, 15) is 13.2 Å². The Hall–Kier alpha value is -1.75. The fourth-order valence-corrected chi connectivity index (χ4v) is 2.36. The van der Waals surface area contributed by atoms with Crippen molar-refractivity contribution in [2.45, 2.75) is 26.3 Å². The van der Waals surface area contributed by atoms with Crippen molar-refractivity contribution in [1.29, 1.82) is 0 Å². The molecule has 1 aromatic heterocycles. The number of guanidine groups is 1. The molecule has 0 saturated carbocycles. The van der Waals surface area contributed by atoms with Crippen molar-refractivity contribution in [3.05, 3.63) is 58.9 Å². The fraction of sp³-hybridized carbons (Fsp3) is 0.333. The van der Waals surface area contributed by atoms with Crippen LogP contribution in [0.1, 0.15) is 18.1 Å². The van der Waals surface area contributed by atoms with Crippen LogP contribution in [-0.2, 0) is 13.0 Å². The lowest BCUT2D eigenvalue weighted by Crippen LogP contribution is -2.38. The molecule has 0 atom stereocenters. The number of nitrogens with zero attached hydrogens (tertiary/aromatic N) is 2. The zero-order valence-corrected chi connectivity index (χ0v) is 18.2. The fourth-order valence-electron chi connectivity index (χ4n) is 2.24. The van der Waals surface area contributed by atoms with Gasteiger partial charge in [-0.1, -0.05) is 35.9 Å². The van der Waals surface area contributed by atoms with Gasteiger partial charge in [0.2, 0.25) is 0 Å². The van der Waals surface area contributed by atoms with Gasteiger partial charge < -0.3 is 15.4 Å². The largest absolute Gasteiger partial charge is 0.573 e. The smallest absolute Gasteiger partial charge is 0.405 e. The van der Waals surface area contributed by atoms with Crippen LogP contribution in [-0.4, -0.2) is 30.4 Å². The molecule has 10 heteroatoms. The second-order valence-corrected chi connectivity index (χ2v) is 5.90. The van der Waals surface area contributed by atoms with Crippen LogP contribution in [0.3, 0.4) is 0 Å². The summed E-state index contributed by atoms with van der Waals surface area (Å²) >= 11 is 5.75. The van der Waals surface area contributed by atoms with E-state index in [2.05, 4.69) is 25.3 Å². The minimum absolute atomic E-state index is 0. The summed E-state index contributed by atoms with van der Waals surface area (Å²) < 4.78 is 41.5. The monoisotopic (exact) mass is 528 g/mol. The molecule has 0 aliphatic carbocycles. The molecular formula is C18H21ClF3IN4O. The highest BCUT2D eigenvalue weighted by Gasteiger charge is 2.31. The molecule has 2 N–H and O–H groups in total. The van der Waals surface area contributed by atoms with Crippen LogP contribution in [0.4, 0.5) is 13.2 Å². The summed E-state index contributed by atoms with van der Waals surface area (Å²) in [7, 11) is 0. The van der Waals surface area contributed by atoms with Gasteiger partial charge in [0.05, 0.1) is 6.54 Å². The molecule has 0 bridgehead atoms. The minimum atomic E-state index is -4.74. The third-order valence-corrected chi connectivity index (χ3v) is 3.67. The van der Waals surface area contributed by atoms with Gasteiger partial charge in [-0.2, -0.15) is 0 Å². The van der Waals surface area contributed by atoms with Gasteiger partial charge >= 0.3 is 6.36 Å². The second-order valence-electron chi connectivity index (χ2n) is 5.52. The summed E-state index contributed by atoms with van der Waals surface area (Å²) in [5.74, 6) is 0.248. The van der Waals surface area contributed by atoms with Crippen LogP contribution >= 0.6 is 35.6 Å². The lowest BCUT2D eigenvalue weighted by atomic mass is 10.2. The molecular weight excluding hydrogens is 508 g/mol. The van der Waals surface area contributed by atoms with Gasteiger partial charge in [0, 0.05) is 24.8 Å². The van der Waals surface area contributed by atoms with Crippen LogP contribution in [0.15, 0.2) is 47.6 Å². The molecule has 0 radical (unpaired) electrons. The Bertz CT molecular complexity index is 757. The van der Waals surface area contributed by atoms with Gasteiger partial charge in [-0.3, -0.25) is 0 Å². The van der Waals surface area contributed by atoms with Gasteiger partial charge in [-0.15, -0.1) is 37.1 Å². The summed E-state index contributed by atoms with van der Waals surface area (Å²) in [6.45, 7) is 3.15. The highest BCUT2D eigenvalue weighted by molar-refractivity contribution is 14.0. The number of benzene rings is 1. The average Bonchev–Trinajstić information content (AvgIpc) is 2.61. The molecule has 2 rings (SSSR count). The number of rotatable bonds is 7. The average molecular weight is 529 g/mol. The predicted octanol–water partition coefficient (Wildman–Crippen LogP) is 4.55. The van der Waals surface area contributed by atoms with E-state index >= 15 is 0 Å². The van der Waals surface area contributed by atoms with E-state index in [1.807, 2.05) is 13.0 Å². The molecule has 1 heterocycles. The molecule has 0 saturated heterocycles. The van der Waals surface area contributed by atoms with Crippen LogP contribution in [0.5, 0.6) is 5.75 Å². The number of aromatic nitrogens is 1. The van der Waals surface area contributed by atoms with Gasteiger partial charge in [-0.25, -0.2) is 9.98 Å². The maximum Gasteiger partial charge on any atom is 0.573 e. The number of nitrogens with one attached hydrogen (secondary N) is 2. The number of aliphatic imine (C=N–C) groups is 1. The minimum Gasteiger partial charge on any atom is -0.405 e. The third-order valence-electron chi connectivity index (χ3n) is 3.44. The lowest BCUT2D eigenvalue weighted by Gasteiger charge is -2.14. The summed E-state index contributed by atoms with van der Waals surface area (Å²) in [5.41, 5.74) is 1.35. The molecule has 2 aromatic rings. The van der Waals surface area contributed by atoms with Crippen molar-refractivity contribution in [3.63, 3.8) is 0 Å². The van der Waals surface area contributed by atoms with Crippen LogP contribution < -0.4 is 15.4 Å². The number of hydrogen-bond donors (Lipinski definition) is 2. The third kappa shape index (κ3) is 8.96. The molecule has 0 aliphatic heterocycles. The van der Waals surface area contributed by atoms with E-state index < -0.39 is 6.36 Å². The number of hydrogen-bond acceptors (Lipinski definition) is 3. The van der Waals surface area contributed by atoms with Gasteiger partial charge in [0.1, 0.15) is 10.9 Å². The maximum atomic E-state index is 12.5. The summed E-state index contributed by atoms with van der Waals surface area (Å²) in [4.78, 5) is 8.34. The van der Waals surface area contributed by atoms with Crippen LogP contribution in [0.2, 0.25) is 5.15 Å². The van der Waals surface area contributed by atoms with Crippen molar-refractivity contribution in [3.8, 4) is 5.75 Å². The molecule has 1 aromatic carbocycles. The Morgan fingerprint density at radius 2 is 1.93 bits per heavy atom. The topological polar surface area (TPSA) is 58.5 Å². The SMILES string of the molecule is CCNC(=NCc1ccccc1OC(F)(F)F)NCCc1ccc(Cl)nc1.I. The van der Waals surface area contributed by atoms with Gasteiger partial charge in [0.25, 0.3) is 0 Å². The van der Waals surface area contributed by atoms with Crippen molar-refractivity contribution in [2.75, 3.05) is 13.1 Å². The Labute approximate surface area is 183 Å². The zero-order chi connectivity index (χ0) is 19.7. The Morgan fingerprint density at radius 3 is 2.57 bits per heavy atom. The first kappa shape index (κ1) is 24.3. The summed E-state index contributed by atoms with van der Waals surface area (Å²) in [6.07, 6.45) is -2.35. The van der Waals surface area contributed by atoms with E-state index in [0.29, 0.717) is 36.2 Å². The van der Waals surface area contributed by atoms with E-state index in [1.165, 1.54) is 12.1 Å². The predicted molar refractivity (Wildman–Crippen MR) is 114 cm³/mol. The van der Waals surface area contributed by atoms with Gasteiger partial charge in [-0.05, 0) is 31.0 Å². The lowest BCUT2D eigenvalue weighted by molar-refractivity contribution is -0.274. The standard InChI is InChI=1S/C18H20ClF3N4O.HI/c1-2-23-17(24-10-9-13-7-8-16(19)25-11-13)26-12-14-5-3-4-6-15(14)27-18(20,21)22;/h3-8,11H,2,9-10,12H2,1H3,(H2,23,24,26);1H. The van der Waals surface area contributed by atoms with Gasteiger partial charge in [0.15, 0.2) is 5.96 Å². The van der Waals surface area contributed by atoms with Crippen molar-refractivity contribution >= 4 is 41.5 Å². The second kappa shape index (κ2) is 11.9. The van der Waals surface area contributed by atoms with Crippen molar-refractivity contribution < 1.29 is 17.9 Å². The normalized spacial score (nSPS) is 11.5. The van der Waals surface area contributed by atoms with E-state index in [-0.39, 0.29) is 36.3 Å². The Balaban J connectivity index is 0.00000392. The van der Waals surface area contributed by atoms with Crippen LogP contribution in [0.25, 0.3) is 0 Å². The maximum absolute atomic E-state index is 12.5. The summed E-state index contributed by atoms with van der Waals surface area (Å²) in [5, 5.41) is 6.62. The van der Waals surface area contributed by atoms with Crippen molar-refractivity contribution in [2.24, 2.45) is 4.99 Å². The van der Waals surface area contributed by atoms with E-state index in [4.69, 9.17) is 11.6 Å². The van der Waals surface area contributed by atoms with E-state index in [1.54, 1.807) is 24.4 Å². The summed E-state index contributed by atoms with van der Waals surface area (Å²) in [6, 6.07) is 9.54. The molecule has 0 spiro atoms. The molecule has 28 heavy (non-hydrogen) atoms. The molecule has 0 amide bonds. The molecule has 0 fully saturated rings. The first-order chi connectivity index (χ1) is 12.9. The van der Waals surface area contributed by atoms with Crippen molar-refractivity contribution in [1.82, 2.24) is 15.6 Å². The zero-order valence-electron chi connectivity index (χ0n) is 15.1. The Morgan fingerprint density at radius 1 is 1.18 bits per heavy atom. The number of pyridine rings is 1. The molecule has 5 nitrogen and oxygen atoms in total. The molecule has 154 valence electrons. The first-order valence-electron chi connectivity index (χ1n) is 8.33. The Kier molecular flexibility index (Phi) is 10.4. The van der Waals surface area contributed by atoms with Crippen LogP contribution in [0, 0.1) is 0 Å². The number of para-hydroxylation sites is 1. The molecule has 0 aliphatic rings. The highest BCUT2D eigenvalue weighted by atomic mass is 127. The number of ether oxygens (including phenoxy) is 1. The van der Waals surface area contributed by atoms with E-state index in [0.717, 1.165) is 5.56 Å². The quantitative estimate of drug-likeness (QED) is 0.240. The highest BCUT2D eigenvalue weighted by Crippen LogP contribution is 2.26. The first-order valence-corrected chi connectivity index (χ1v) is 8.71.